The highest BCUT2D eigenvalue weighted by molar-refractivity contribution is 5.84. The van der Waals surface area contributed by atoms with Gasteiger partial charge in [-0.15, -0.1) is 20.4 Å². The van der Waals surface area contributed by atoms with Crippen molar-refractivity contribution in [2.45, 2.75) is 0 Å². The van der Waals surface area contributed by atoms with Crippen molar-refractivity contribution >= 4 is 10.9 Å². The molecule has 0 atom stereocenters. The molecule has 0 saturated carbocycles. The van der Waals surface area contributed by atoms with Crippen molar-refractivity contribution in [2.24, 2.45) is 0 Å². The zero-order valence-corrected chi connectivity index (χ0v) is 7.75. The molecule has 1 aromatic carbocycles. The van der Waals surface area contributed by atoms with Crippen LogP contribution in [-0.2, 0) is 0 Å². The van der Waals surface area contributed by atoms with Gasteiger partial charge < -0.3 is 4.98 Å². The summed E-state index contributed by atoms with van der Waals surface area (Å²) in [7, 11) is 0. The highest BCUT2D eigenvalue weighted by atomic mass is 15.3. The maximum atomic E-state index is 3.89. The first kappa shape index (κ1) is 8.05. The minimum Gasteiger partial charge on any atom is -0.352 e. The molecular formula is C10H7N5. The summed E-state index contributed by atoms with van der Waals surface area (Å²) in [6, 6.07) is 9.98. The quantitative estimate of drug-likeness (QED) is 0.640. The van der Waals surface area contributed by atoms with Gasteiger partial charge in [0.25, 0.3) is 0 Å². The summed E-state index contributed by atoms with van der Waals surface area (Å²) in [6.07, 6.45) is 1.31. The second-order valence-corrected chi connectivity index (χ2v) is 3.14. The van der Waals surface area contributed by atoms with Crippen LogP contribution in [0.2, 0.25) is 0 Å². The second kappa shape index (κ2) is 3.13. The van der Waals surface area contributed by atoms with E-state index >= 15 is 0 Å². The second-order valence-electron chi connectivity index (χ2n) is 3.14. The summed E-state index contributed by atoms with van der Waals surface area (Å²) in [5.74, 6) is 0.508. The summed E-state index contributed by atoms with van der Waals surface area (Å²) < 4.78 is 0. The van der Waals surface area contributed by atoms with Crippen molar-refractivity contribution in [1.82, 2.24) is 25.4 Å². The van der Waals surface area contributed by atoms with Crippen molar-refractivity contribution < 1.29 is 0 Å². The summed E-state index contributed by atoms with van der Waals surface area (Å²) in [5.41, 5.74) is 1.89. The fourth-order valence-corrected chi connectivity index (χ4v) is 1.51. The van der Waals surface area contributed by atoms with Gasteiger partial charge in [0, 0.05) is 10.9 Å². The van der Waals surface area contributed by atoms with Crippen molar-refractivity contribution in [1.29, 1.82) is 0 Å². The van der Waals surface area contributed by atoms with Gasteiger partial charge in [0.2, 0.25) is 5.82 Å². The van der Waals surface area contributed by atoms with Crippen LogP contribution in [-0.4, -0.2) is 25.4 Å². The molecule has 72 valence electrons. The molecule has 0 spiro atoms. The lowest BCUT2D eigenvalue weighted by Gasteiger charge is -1.90. The smallest absolute Gasteiger partial charge is 0.219 e. The van der Waals surface area contributed by atoms with Crippen molar-refractivity contribution in [3.63, 3.8) is 0 Å². The predicted molar refractivity (Wildman–Crippen MR) is 54.9 cm³/mol. The van der Waals surface area contributed by atoms with E-state index in [4.69, 9.17) is 0 Å². The average molecular weight is 197 g/mol. The molecule has 2 heterocycles. The Morgan fingerprint density at radius 3 is 2.60 bits per heavy atom. The van der Waals surface area contributed by atoms with E-state index in [0.717, 1.165) is 16.6 Å². The number of fused-ring (bicyclic) bond motifs is 1. The number of rotatable bonds is 1. The van der Waals surface area contributed by atoms with Gasteiger partial charge in [-0.05, 0) is 12.1 Å². The first-order valence-corrected chi connectivity index (χ1v) is 4.52. The molecule has 15 heavy (non-hydrogen) atoms. The Kier molecular flexibility index (Phi) is 1.68. The lowest BCUT2D eigenvalue weighted by Crippen LogP contribution is -1.93. The molecule has 0 aliphatic rings. The third-order valence-electron chi connectivity index (χ3n) is 2.18. The predicted octanol–water partition coefficient (Wildman–Crippen LogP) is 1.41. The molecule has 0 radical (unpaired) electrons. The van der Waals surface area contributed by atoms with Crippen LogP contribution < -0.4 is 0 Å². The van der Waals surface area contributed by atoms with Crippen LogP contribution >= 0.6 is 0 Å². The Balaban J connectivity index is 2.21. The van der Waals surface area contributed by atoms with Gasteiger partial charge in [-0.1, -0.05) is 18.2 Å². The van der Waals surface area contributed by atoms with Crippen LogP contribution in [0.5, 0.6) is 0 Å². The van der Waals surface area contributed by atoms with E-state index in [9.17, 15) is 0 Å². The van der Waals surface area contributed by atoms with Crippen LogP contribution in [0, 0.1) is 0 Å². The van der Waals surface area contributed by atoms with E-state index in [2.05, 4.69) is 25.4 Å². The Morgan fingerprint density at radius 1 is 1.00 bits per heavy atom. The lowest BCUT2D eigenvalue weighted by molar-refractivity contribution is 0.861. The lowest BCUT2D eigenvalue weighted by atomic mass is 10.2. The van der Waals surface area contributed by atoms with Gasteiger partial charge in [-0.25, -0.2) is 0 Å². The Labute approximate surface area is 85.2 Å². The molecule has 0 saturated heterocycles. The van der Waals surface area contributed by atoms with Crippen molar-refractivity contribution in [3.8, 4) is 11.5 Å². The van der Waals surface area contributed by atoms with E-state index in [1.54, 1.807) is 0 Å². The topological polar surface area (TPSA) is 67.3 Å². The van der Waals surface area contributed by atoms with Gasteiger partial charge >= 0.3 is 0 Å². The molecule has 5 nitrogen and oxygen atoms in total. The summed E-state index contributed by atoms with van der Waals surface area (Å²) in [5, 5.41) is 16.3. The zero-order chi connectivity index (χ0) is 10.1. The number of hydrogen-bond donors (Lipinski definition) is 1. The molecular weight excluding hydrogens is 190 g/mol. The monoisotopic (exact) mass is 197 g/mol. The van der Waals surface area contributed by atoms with Crippen LogP contribution in [0.4, 0.5) is 0 Å². The summed E-state index contributed by atoms with van der Waals surface area (Å²) in [4.78, 5) is 3.21. The Hall–Kier alpha value is -2.30. The minimum absolute atomic E-state index is 0.508. The number of H-pyrrole nitrogens is 1. The standard InChI is InChI=1S/C10H7N5/c1-2-4-8-7(3-1)5-9(13-8)10-14-11-6-12-15-10/h1-6,13H. The fraction of sp³-hybridized carbons (Fsp3) is 0. The van der Waals surface area contributed by atoms with Gasteiger partial charge in [0.1, 0.15) is 0 Å². The SMILES string of the molecule is c1ccc2[nH]c(-c3nncnn3)cc2c1. The van der Waals surface area contributed by atoms with Gasteiger partial charge in [0.15, 0.2) is 6.33 Å². The van der Waals surface area contributed by atoms with Gasteiger partial charge in [0.05, 0.1) is 5.69 Å². The highest BCUT2D eigenvalue weighted by Crippen LogP contribution is 2.19. The van der Waals surface area contributed by atoms with E-state index in [-0.39, 0.29) is 0 Å². The number of hydrogen-bond acceptors (Lipinski definition) is 4. The normalized spacial score (nSPS) is 10.7. The first-order chi connectivity index (χ1) is 7.43. The molecule has 2 aromatic heterocycles. The number of para-hydroxylation sites is 1. The maximum Gasteiger partial charge on any atom is 0.219 e. The zero-order valence-electron chi connectivity index (χ0n) is 7.75. The van der Waals surface area contributed by atoms with Crippen molar-refractivity contribution in [2.75, 3.05) is 0 Å². The molecule has 0 fully saturated rings. The molecule has 0 unspecified atom stereocenters. The number of benzene rings is 1. The number of nitrogens with zero attached hydrogens (tertiary/aromatic N) is 4. The van der Waals surface area contributed by atoms with Crippen LogP contribution in [0.3, 0.4) is 0 Å². The van der Waals surface area contributed by atoms with E-state index in [1.165, 1.54) is 6.33 Å². The Bertz CT molecular complexity index is 554. The first-order valence-electron chi connectivity index (χ1n) is 4.52. The largest absolute Gasteiger partial charge is 0.352 e. The van der Waals surface area contributed by atoms with E-state index in [1.807, 2.05) is 30.3 Å². The molecule has 5 heteroatoms. The third kappa shape index (κ3) is 1.34. The molecule has 3 rings (SSSR count). The summed E-state index contributed by atoms with van der Waals surface area (Å²) in [6.45, 7) is 0. The number of aromatic nitrogens is 5. The Morgan fingerprint density at radius 2 is 1.80 bits per heavy atom. The van der Waals surface area contributed by atoms with E-state index in [0.29, 0.717) is 5.82 Å². The van der Waals surface area contributed by atoms with Crippen LogP contribution in [0.1, 0.15) is 0 Å². The third-order valence-corrected chi connectivity index (χ3v) is 2.18. The molecule has 0 aliphatic carbocycles. The average Bonchev–Trinajstić information content (AvgIpc) is 2.74. The minimum atomic E-state index is 0.508. The van der Waals surface area contributed by atoms with E-state index < -0.39 is 0 Å². The fourth-order valence-electron chi connectivity index (χ4n) is 1.51. The molecule has 0 aliphatic heterocycles. The summed E-state index contributed by atoms with van der Waals surface area (Å²) >= 11 is 0. The molecule has 0 amide bonds. The van der Waals surface area contributed by atoms with Crippen LogP contribution in [0.25, 0.3) is 22.4 Å². The molecule has 3 aromatic rings. The number of aromatic amines is 1. The molecule has 0 bridgehead atoms. The van der Waals surface area contributed by atoms with Gasteiger partial charge in [-0.2, -0.15) is 0 Å². The maximum absolute atomic E-state index is 3.89. The van der Waals surface area contributed by atoms with Crippen molar-refractivity contribution in [3.05, 3.63) is 36.7 Å². The molecule has 1 N–H and O–H groups in total. The number of nitrogens with one attached hydrogen (secondary N) is 1. The van der Waals surface area contributed by atoms with Crippen LogP contribution in [0.15, 0.2) is 36.7 Å². The highest BCUT2D eigenvalue weighted by Gasteiger charge is 2.05. The van der Waals surface area contributed by atoms with Gasteiger partial charge in [-0.3, -0.25) is 0 Å².